The largest absolute Gasteiger partial charge is 0.656 e. The van der Waals surface area contributed by atoms with E-state index in [1.807, 2.05) is 0 Å². The Bertz CT molecular complexity index is 347. The highest BCUT2D eigenvalue weighted by Crippen LogP contribution is 2.10. The van der Waals surface area contributed by atoms with Gasteiger partial charge in [0, 0.05) is 0 Å². The van der Waals surface area contributed by atoms with Crippen molar-refractivity contribution in [3.63, 3.8) is 0 Å². The van der Waals surface area contributed by atoms with Gasteiger partial charge in [-0.3, -0.25) is 0 Å². The van der Waals surface area contributed by atoms with E-state index >= 15 is 0 Å². The third kappa shape index (κ3) is 4.11. The lowest BCUT2D eigenvalue weighted by Crippen LogP contribution is -2.26. The Morgan fingerprint density at radius 3 is 2.20 bits per heavy atom. The number of hydrogen-bond donors (Lipinski definition) is 0. The zero-order chi connectivity index (χ0) is 11.5. The predicted octanol–water partition coefficient (Wildman–Crippen LogP) is 2.37. The number of halogens is 4. The van der Waals surface area contributed by atoms with Crippen LogP contribution in [0.4, 0.5) is 16.7 Å². The molecule has 7 heteroatoms. The molecule has 0 atom stereocenters. The summed E-state index contributed by atoms with van der Waals surface area (Å²) in [5.41, 5.74) is -0.102. The Kier molecular flexibility index (Phi) is 3.46. The Morgan fingerprint density at radius 1 is 1.20 bits per heavy atom. The van der Waals surface area contributed by atoms with Crippen LogP contribution in [0.15, 0.2) is 24.3 Å². The number of rotatable bonds is 3. The fraction of sp³-hybridized carbons (Fsp3) is 0.125. The molecule has 0 heterocycles. The van der Waals surface area contributed by atoms with Crippen molar-refractivity contribution in [2.75, 3.05) is 6.23 Å². The van der Waals surface area contributed by atoms with Crippen LogP contribution in [0.3, 0.4) is 0 Å². The van der Waals surface area contributed by atoms with Gasteiger partial charge in [-0.15, -0.1) is 0 Å². The van der Waals surface area contributed by atoms with Gasteiger partial charge in [-0.05, 0) is 24.3 Å². The van der Waals surface area contributed by atoms with Gasteiger partial charge in [0.1, 0.15) is 5.82 Å². The highest BCUT2D eigenvalue weighted by atomic mass is 28.5. The fourth-order valence-electron chi connectivity index (χ4n) is 0.817. The van der Waals surface area contributed by atoms with Crippen molar-refractivity contribution in [2.45, 2.75) is 0 Å². The van der Waals surface area contributed by atoms with E-state index in [2.05, 4.69) is 4.74 Å². The minimum Gasteiger partial charge on any atom is -0.457 e. The summed E-state index contributed by atoms with van der Waals surface area (Å²) < 4.78 is 51.8. The summed E-state index contributed by atoms with van der Waals surface area (Å²) in [6.45, 7) is 0. The average Bonchev–Trinajstić information content (AvgIpc) is 2.14. The zero-order valence-electron chi connectivity index (χ0n) is 7.34. The van der Waals surface area contributed by atoms with Gasteiger partial charge in [0.2, 0.25) is 0 Å². The van der Waals surface area contributed by atoms with Crippen molar-refractivity contribution in [1.82, 2.24) is 0 Å². The van der Waals surface area contributed by atoms with E-state index in [0.717, 1.165) is 24.3 Å². The average molecular weight is 238 g/mol. The summed E-state index contributed by atoms with van der Waals surface area (Å²) in [5, 5.41) is 0. The van der Waals surface area contributed by atoms with Crippen LogP contribution in [-0.4, -0.2) is 21.3 Å². The van der Waals surface area contributed by atoms with E-state index in [0.29, 0.717) is 0 Å². The molecule has 0 amide bonds. The summed E-state index contributed by atoms with van der Waals surface area (Å²) in [7, 11) is -5.88. The molecule has 0 aliphatic rings. The van der Waals surface area contributed by atoms with Gasteiger partial charge in [-0.2, -0.15) is 0 Å². The van der Waals surface area contributed by atoms with Crippen LogP contribution in [-0.2, 0) is 4.74 Å². The lowest BCUT2D eigenvalue weighted by molar-refractivity contribution is 0.0537. The Balaban J connectivity index is 2.58. The van der Waals surface area contributed by atoms with Crippen LogP contribution in [0.5, 0.6) is 0 Å². The van der Waals surface area contributed by atoms with Gasteiger partial charge < -0.3 is 4.74 Å². The molecule has 15 heavy (non-hydrogen) atoms. The standard InChI is InChI=1S/C8H6F4O2Si/c9-7-3-1-6(2-4-7)8(13)14-5-15(10,11)12/h1-4H,5H2. The number of benzene rings is 1. The van der Waals surface area contributed by atoms with E-state index < -0.39 is 27.1 Å². The number of carbonyl (C=O) groups excluding carboxylic acids is 1. The molecule has 0 saturated heterocycles. The molecule has 2 nitrogen and oxygen atoms in total. The lowest BCUT2D eigenvalue weighted by Gasteiger charge is -2.04. The quantitative estimate of drug-likeness (QED) is 0.350. The van der Waals surface area contributed by atoms with Crippen molar-refractivity contribution in [2.24, 2.45) is 0 Å². The summed E-state index contributed by atoms with van der Waals surface area (Å²) >= 11 is 0. The van der Waals surface area contributed by atoms with E-state index in [1.165, 1.54) is 0 Å². The van der Waals surface area contributed by atoms with Gasteiger partial charge in [0.25, 0.3) is 0 Å². The van der Waals surface area contributed by atoms with Crippen LogP contribution in [0, 0.1) is 5.82 Å². The second-order valence-electron chi connectivity index (χ2n) is 2.70. The predicted molar refractivity (Wildman–Crippen MR) is 45.8 cm³/mol. The van der Waals surface area contributed by atoms with E-state index in [1.54, 1.807) is 0 Å². The second-order valence-corrected chi connectivity index (χ2v) is 4.22. The molecular formula is C8H6F4O2Si. The molecule has 0 saturated carbocycles. The molecule has 0 N–H and O–H groups in total. The summed E-state index contributed by atoms with van der Waals surface area (Å²) in [6.07, 6.45) is -1.51. The number of hydrogen-bond acceptors (Lipinski definition) is 2. The molecule has 0 fully saturated rings. The first kappa shape index (κ1) is 11.7. The van der Waals surface area contributed by atoms with Gasteiger partial charge >= 0.3 is 15.0 Å². The smallest absolute Gasteiger partial charge is 0.457 e. The normalized spacial score (nSPS) is 11.2. The molecular weight excluding hydrogens is 232 g/mol. The molecule has 1 aromatic carbocycles. The number of carbonyl (C=O) groups is 1. The lowest BCUT2D eigenvalue weighted by atomic mass is 10.2. The molecule has 0 aliphatic carbocycles. The van der Waals surface area contributed by atoms with Crippen LogP contribution in [0.25, 0.3) is 0 Å². The highest BCUT2D eigenvalue weighted by molar-refractivity contribution is 6.58. The maximum absolute atomic E-state index is 12.4. The first-order chi connectivity index (χ1) is 6.88. The molecule has 0 unspecified atom stereocenters. The first-order valence-corrected chi connectivity index (χ1v) is 5.72. The number of ether oxygens (including phenoxy) is 1. The van der Waals surface area contributed by atoms with Crippen LogP contribution < -0.4 is 0 Å². The molecule has 1 aromatic rings. The molecule has 0 radical (unpaired) electrons. The SMILES string of the molecule is O=C(OC[Si](F)(F)F)c1ccc(F)cc1. The monoisotopic (exact) mass is 238 g/mol. The minimum absolute atomic E-state index is 0.102. The van der Waals surface area contributed by atoms with Crippen LogP contribution in [0.2, 0.25) is 0 Å². The van der Waals surface area contributed by atoms with Crippen LogP contribution >= 0.6 is 0 Å². The second kappa shape index (κ2) is 4.43. The summed E-state index contributed by atoms with van der Waals surface area (Å²) in [5.74, 6) is -1.67. The van der Waals surface area contributed by atoms with E-state index in [-0.39, 0.29) is 5.56 Å². The van der Waals surface area contributed by atoms with Crippen molar-refractivity contribution in [3.8, 4) is 0 Å². The molecule has 0 spiro atoms. The first-order valence-electron chi connectivity index (χ1n) is 3.88. The van der Waals surface area contributed by atoms with Gasteiger partial charge in [0.15, 0.2) is 6.23 Å². The van der Waals surface area contributed by atoms with Crippen LogP contribution in [0.1, 0.15) is 10.4 Å². The van der Waals surface area contributed by atoms with Crippen molar-refractivity contribution < 1.29 is 26.2 Å². The molecule has 0 aromatic heterocycles. The fourth-order valence-corrected chi connectivity index (χ4v) is 1.11. The van der Waals surface area contributed by atoms with Crippen molar-refractivity contribution >= 4 is 15.0 Å². The molecule has 0 aliphatic heterocycles. The topological polar surface area (TPSA) is 26.3 Å². The summed E-state index contributed by atoms with van der Waals surface area (Å²) in [6, 6.07) is 4.08. The Hall–Kier alpha value is -1.37. The summed E-state index contributed by atoms with van der Waals surface area (Å²) in [4.78, 5) is 11.0. The molecule has 1 rings (SSSR count). The van der Waals surface area contributed by atoms with E-state index in [4.69, 9.17) is 0 Å². The highest BCUT2D eigenvalue weighted by Gasteiger charge is 2.39. The molecule has 82 valence electrons. The number of esters is 1. The van der Waals surface area contributed by atoms with Crippen molar-refractivity contribution in [3.05, 3.63) is 35.6 Å². The molecule has 0 bridgehead atoms. The third-order valence-electron chi connectivity index (χ3n) is 1.45. The zero-order valence-corrected chi connectivity index (χ0v) is 8.34. The minimum atomic E-state index is -5.88. The van der Waals surface area contributed by atoms with Gasteiger partial charge in [-0.25, -0.2) is 21.5 Å². The Morgan fingerprint density at radius 2 is 1.73 bits per heavy atom. The van der Waals surface area contributed by atoms with Crippen molar-refractivity contribution in [1.29, 1.82) is 0 Å². The Labute approximate surface area is 84.0 Å². The maximum atomic E-state index is 12.4. The van der Waals surface area contributed by atoms with E-state index in [9.17, 15) is 21.5 Å². The van der Waals surface area contributed by atoms with Gasteiger partial charge in [-0.1, -0.05) is 0 Å². The maximum Gasteiger partial charge on any atom is 0.656 e. The van der Waals surface area contributed by atoms with Gasteiger partial charge in [0.05, 0.1) is 5.56 Å². The third-order valence-corrected chi connectivity index (χ3v) is 1.92.